The highest BCUT2D eigenvalue weighted by molar-refractivity contribution is 5.96. The first-order valence-electron chi connectivity index (χ1n) is 11.7. The largest absolute Gasteiger partial charge is 0.508 e. The lowest BCUT2D eigenvalue weighted by atomic mass is 10.0. The van der Waals surface area contributed by atoms with Crippen LogP contribution in [0.4, 0.5) is 0 Å². The summed E-state index contributed by atoms with van der Waals surface area (Å²) in [5.74, 6) is -6.92. The van der Waals surface area contributed by atoms with E-state index in [0.717, 1.165) is 0 Å². The van der Waals surface area contributed by atoms with Crippen molar-refractivity contribution in [2.24, 2.45) is 22.9 Å². The van der Waals surface area contributed by atoms with E-state index in [4.69, 9.17) is 22.9 Å². The third-order valence-corrected chi connectivity index (χ3v) is 5.38. The molecule has 0 saturated heterocycles. The number of nitrogens with two attached hydrogens (primary N) is 4. The van der Waals surface area contributed by atoms with Crippen molar-refractivity contribution in [1.82, 2.24) is 16.0 Å². The van der Waals surface area contributed by atoms with Crippen molar-refractivity contribution in [2.75, 3.05) is 0 Å². The van der Waals surface area contributed by atoms with E-state index in [9.17, 15) is 43.8 Å². The van der Waals surface area contributed by atoms with Crippen LogP contribution in [-0.4, -0.2) is 75.8 Å². The summed E-state index contributed by atoms with van der Waals surface area (Å²) in [6.45, 7) is 0. The van der Waals surface area contributed by atoms with E-state index in [1.165, 1.54) is 24.3 Å². The van der Waals surface area contributed by atoms with Gasteiger partial charge in [-0.15, -0.1) is 0 Å². The summed E-state index contributed by atoms with van der Waals surface area (Å²) in [6.07, 6.45) is -1.91. The van der Waals surface area contributed by atoms with Gasteiger partial charge in [0.05, 0.1) is 12.5 Å². The average Bonchev–Trinajstić information content (AvgIpc) is 2.84. The smallest absolute Gasteiger partial charge is 0.326 e. The number of nitrogens with one attached hydrogen (secondary N) is 3. The first kappa shape index (κ1) is 32.3. The Balaban J connectivity index is 3.04. The monoisotopic (exact) mass is 551 g/mol. The first-order valence-corrected chi connectivity index (χ1v) is 11.7. The number of phenols is 1. The van der Waals surface area contributed by atoms with Crippen LogP contribution in [0.15, 0.2) is 24.3 Å². The van der Waals surface area contributed by atoms with E-state index in [0.29, 0.717) is 5.56 Å². The fraction of sp³-hybridized carbons (Fsp3) is 0.435. The summed E-state index contributed by atoms with van der Waals surface area (Å²) in [5.41, 5.74) is 21.5. The SMILES string of the molecule is NC(=O)CCC(N)C(=O)NC(CCC(N)=O)C(=O)NC(CC(N)=O)C(=O)NC(Cc1ccc(O)cc1)C(=O)O. The summed E-state index contributed by atoms with van der Waals surface area (Å²) in [6, 6.07) is -0.266. The second-order valence-corrected chi connectivity index (χ2v) is 8.68. The third-order valence-electron chi connectivity index (χ3n) is 5.38. The van der Waals surface area contributed by atoms with Crippen molar-refractivity contribution in [3.63, 3.8) is 0 Å². The van der Waals surface area contributed by atoms with Crippen LogP contribution in [0.5, 0.6) is 5.75 Å². The van der Waals surface area contributed by atoms with Crippen LogP contribution in [-0.2, 0) is 40.0 Å². The molecular formula is C23H33N7O9. The van der Waals surface area contributed by atoms with Crippen LogP contribution in [0.3, 0.4) is 0 Å². The molecule has 4 unspecified atom stereocenters. The molecule has 0 aliphatic rings. The molecule has 16 heteroatoms. The maximum atomic E-state index is 13.0. The number of rotatable bonds is 17. The van der Waals surface area contributed by atoms with Gasteiger partial charge in [0, 0.05) is 19.3 Å². The Morgan fingerprint density at radius 3 is 1.69 bits per heavy atom. The molecule has 0 bridgehead atoms. The molecule has 0 aliphatic carbocycles. The Morgan fingerprint density at radius 2 is 1.18 bits per heavy atom. The molecule has 4 atom stereocenters. The molecule has 0 aliphatic heterocycles. The molecule has 39 heavy (non-hydrogen) atoms. The zero-order valence-electron chi connectivity index (χ0n) is 20.9. The van der Waals surface area contributed by atoms with Crippen LogP contribution in [0.1, 0.15) is 37.7 Å². The van der Waals surface area contributed by atoms with Gasteiger partial charge in [0.2, 0.25) is 35.4 Å². The number of carboxylic acid groups (broad SMARTS) is 1. The van der Waals surface area contributed by atoms with Crippen LogP contribution >= 0.6 is 0 Å². The molecule has 214 valence electrons. The molecule has 16 nitrogen and oxygen atoms in total. The second kappa shape index (κ2) is 15.5. The molecule has 0 heterocycles. The zero-order valence-corrected chi connectivity index (χ0v) is 20.9. The Morgan fingerprint density at radius 1 is 0.692 bits per heavy atom. The molecule has 0 aromatic heterocycles. The maximum Gasteiger partial charge on any atom is 0.326 e. The van der Waals surface area contributed by atoms with Gasteiger partial charge < -0.3 is 49.1 Å². The summed E-state index contributed by atoms with van der Waals surface area (Å²) >= 11 is 0. The summed E-state index contributed by atoms with van der Waals surface area (Å²) in [4.78, 5) is 83.8. The number of benzene rings is 1. The number of carboxylic acids is 1. The van der Waals surface area contributed by atoms with Gasteiger partial charge in [-0.25, -0.2) is 4.79 Å². The third kappa shape index (κ3) is 12.4. The molecule has 6 amide bonds. The molecular weight excluding hydrogens is 518 g/mol. The van der Waals surface area contributed by atoms with Crippen LogP contribution < -0.4 is 38.9 Å². The van der Waals surface area contributed by atoms with E-state index in [-0.39, 0.29) is 37.9 Å². The molecule has 0 spiro atoms. The number of amides is 6. The van der Waals surface area contributed by atoms with Gasteiger partial charge in [-0.1, -0.05) is 12.1 Å². The molecule has 1 rings (SSSR count). The number of hydrogen-bond donors (Lipinski definition) is 9. The molecule has 0 fully saturated rings. The molecule has 0 radical (unpaired) electrons. The summed E-state index contributed by atoms with van der Waals surface area (Å²) < 4.78 is 0. The Kier molecular flexibility index (Phi) is 12.8. The van der Waals surface area contributed by atoms with E-state index < -0.39 is 72.0 Å². The lowest BCUT2D eigenvalue weighted by Crippen LogP contribution is -2.58. The predicted octanol–water partition coefficient (Wildman–Crippen LogP) is -3.79. The van der Waals surface area contributed by atoms with Crippen molar-refractivity contribution in [1.29, 1.82) is 0 Å². The Hall–Kier alpha value is -4.73. The van der Waals surface area contributed by atoms with Crippen LogP contribution in [0.2, 0.25) is 0 Å². The van der Waals surface area contributed by atoms with Crippen molar-refractivity contribution >= 4 is 41.4 Å². The van der Waals surface area contributed by atoms with E-state index >= 15 is 0 Å². The number of aliphatic carboxylic acids is 1. The number of phenolic OH excluding ortho intramolecular Hbond substituents is 1. The van der Waals surface area contributed by atoms with Gasteiger partial charge >= 0.3 is 5.97 Å². The summed E-state index contributed by atoms with van der Waals surface area (Å²) in [5, 5.41) is 25.7. The maximum absolute atomic E-state index is 13.0. The number of aromatic hydroxyl groups is 1. The number of hydrogen-bond acceptors (Lipinski definition) is 9. The molecule has 1 aromatic carbocycles. The fourth-order valence-corrected chi connectivity index (χ4v) is 3.29. The predicted molar refractivity (Wildman–Crippen MR) is 134 cm³/mol. The Bertz CT molecular complexity index is 1080. The molecule has 13 N–H and O–H groups in total. The van der Waals surface area contributed by atoms with Gasteiger partial charge in [0.15, 0.2) is 0 Å². The van der Waals surface area contributed by atoms with Gasteiger partial charge in [-0.05, 0) is 30.5 Å². The van der Waals surface area contributed by atoms with E-state index in [1.54, 1.807) is 0 Å². The standard InChI is InChI=1S/C23H33N7O9/c24-13(5-7-17(25)32)20(35)28-14(6-8-18(26)33)21(36)29-15(10-19(27)34)22(37)30-16(23(38)39)9-11-1-3-12(31)4-2-11/h1-4,13-16,31H,5-10,24H2,(H2,25,32)(H2,26,33)(H2,27,34)(H,28,35)(H,29,36)(H,30,37)(H,38,39). The number of carbonyl (C=O) groups is 7. The molecule has 1 aromatic rings. The minimum absolute atomic E-state index is 0.0503. The fourth-order valence-electron chi connectivity index (χ4n) is 3.29. The quantitative estimate of drug-likeness (QED) is 0.0909. The van der Waals surface area contributed by atoms with Gasteiger partial charge in [-0.2, -0.15) is 0 Å². The Labute approximate surface area is 222 Å². The lowest BCUT2D eigenvalue weighted by molar-refractivity contribution is -0.142. The number of carbonyl (C=O) groups excluding carboxylic acids is 6. The van der Waals surface area contributed by atoms with Crippen molar-refractivity contribution in [2.45, 2.75) is 62.7 Å². The number of primary amides is 3. The van der Waals surface area contributed by atoms with E-state index in [1.807, 2.05) is 0 Å². The van der Waals surface area contributed by atoms with Gasteiger partial charge in [0.1, 0.15) is 23.9 Å². The first-order chi connectivity index (χ1) is 18.2. The van der Waals surface area contributed by atoms with Crippen molar-refractivity contribution in [3.8, 4) is 5.75 Å². The van der Waals surface area contributed by atoms with E-state index in [2.05, 4.69) is 16.0 Å². The average molecular weight is 552 g/mol. The van der Waals surface area contributed by atoms with Crippen molar-refractivity contribution in [3.05, 3.63) is 29.8 Å². The van der Waals surface area contributed by atoms with Crippen LogP contribution in [0, 0.1) is 0 Å². The molecule has 0 saturated carbocycles. The lowest BCUT2D eigenvalue weighted by Gasteiger charge is -2.24. The van der Waals surface area contributed by atoms with Gasteiger partial charge in [-0.3, -0.25) is 28.8 Å². The normalized spacial score (nSPS) is 13.7. The van der Waals surface area contributed by atoms with Crippen molar-refractivity contribution < 1.29 is 43.8 Å². The summed E-state index contributed by atoms with van der Waals surface area (Å²) in [7, 11) is 0. The highest BCUT2D eigenvalue weighted by Gasteiger charge is 2.31. The van der Waals surface area contributed by atoms with Crippen LogP contribution in [0.25, 0.3) is 0 Å². The highest BCUT2D eigenvalue weighted by atomic mass is 16.4. The topological polar surface area (TPSA) is 300 Å². The zero-order chi connectivity index (χ0) is 29.7. The highest BCUT2D eigenvalue weighted by Crippen LogP contribution is 2.12. The van der Waals surface area contributed by atoms with Gasteiger partial charge in [0.25, 0.3) is 0 Å². The minimum atomic E-state index is -1.65. The second-order valence-electron chi connectivity index (χ2n) is 8.68. The minimum Gasteiger partial charge on any atom is -0.508 e.